The molecule has 0 aliphatic carbocycles. The van der Waals surface area contributed by atoms with Gasteiger partial charge in [0.25, 0.3) is 0 Å². The Hall–Kier alpha value is -1.13. The highest BCUT2D eigenvalue weighted by Gasteiger charge is 2.23. The zero-order valence-corrected chi connectivity index (χ0v) is 11.4. The molecule has 3 nitrogen and oxygen atoms in total. The summed E-state index contributed by atoms with van der Waals surface area (Å²) in [4.78, 5) is 11.7. The van der Waals surface area contributed by atoms with E-state index < -0.39 is 23.4 Å². The third-order valence-electron chi connectivity index (χ3n) is 2.16. The van der Waals surface area contributed by atoms with Crippen LogP contribution in [0.25, 0.3) is 0 Å². The molecule has 0 fully saturated rings. The molecule has 0 heterocycles. The van der Waals surface area contributed by atoms with Gasteiger partial charge in [0.2, 0.25) is 0 Å². The lowest BCUT2D eigenvalue weighted by atomic mass is 10.1. The third kappa shape index (κ3) is 4.63. The van der Waals surface area contributed by atoms with Gasteiger partial charge in [-0.2, -0.15) is 0 Å². The molecule has 0 saturated carbocycles. The first-order chi connectivity index (χ1) is 8.19. The van der Waals surface area contributed by atoms with E-state index in [0.717, 1.165) is 0 Å². The van der Waals surface area contributed by atoms with E-state index >= 15 is 0 Å². The van der Waals surface area contributed by atoms with Crippen LogP contribution in [0.15, 0.2) is 18.2 Å². The van der Waals surface area contributed by atoms with Gasteiger partial charge in [0.05, 0.1) is 0 Å². The molecule has 0 radical (unpaired) electrons. The molecule has 5 heteroatoms. The van der Waals surface area contributed by atoms with Crippen LogP contribution < -0.4 is 5.73 Å². The van der Waals surface area contributed by atoms with E-state index in [1.165, 1.54) is 18.2 Å². The third-order valence-corrected chi connectivity index (χ3v) is 2.39. The van der Waals surface area contributed by atoms with Gasteiger partial charge in [-0.3, -0.25) is 4.79 Å². The van der Waals surface area contributed by atoms with Crippen molar-refractivity contribution in [2.24, 2.45) is 5.73 Å². The van der Waals surface area contributed by atoms with Crippen molar-refractivity contribution in [2.45, 2.75) is 38.8 Å². The van der Waals surface area contributed by atoms with Crippen LogP contribution in [0.1, 0.15) is 26.3 Å². The average molecular weight is 274 g/mol. The summed E-state index contributed by atoms with van der Waals surface area (Å²) in [7, 11) is 0. The molecule has 2 N–H and O–H groups in total. The molecule has 0 amide bonds. The monoisotopic (exact) mass is 273 g/mol. The van der Waals surface area contributed by atoms with Gasteiger partial charge in [-0.1, -0.05) is 11.6 Å². The molecule has 0 unspecified atom stereocenters. The number of nitrogens with two attached hydrogens (primary N) is 1. The first-order valence-corrected chi connectivity index (χ1v) is 5.99. The van der Waals surface area contributed by atoms with E-state index in [9.17, 15) is 9.18 Å². The van der Waals surface area contributed by atoms with Crippen molar-refractivity contribution >= 4 is 17.6 Å². The topological polar surface area (TPSA) is 52.3 Å². The number of esters is 1. The number of ether oxygens (including phenoxy) is 1. The molecule has 0 spiro atoms. The Morgan fingerprint density at radius 1 is 1.50 bits per heavy atom. The summed E-state index contributed by atoms with van der Waals surface area (Å²) in [5, 5.41) is 0.405. The van der Waals surface area contributed by atoms with Gasteiger partial charge in [0, 0.05) is 11.4 Å². The summed E-state index contributed by atoms with van der Waals surface area (Å²) in [5.74, 6) is -0.986. The molecule has 0 aliphatic rings. The molecule has 1 atom stereocenters. The normalized spacial score (nSPS) is 13.2. The second-order valence-corrected chi connectivity index (χ2v) is 5.52. The van der Waals surface area contributed by atoms with E-state index in [4.69, 9.17) is 22.1 Å². The van der Waals surface area contributed by atoms with Gasteiger partial charge >= 0.3 is 5.97 Å². The first kappa shape index (κ1) is 14.9. The van der Waals surface area contributed by atoms with E-state index in [2.05, 4.69) is 0 Å². The Morgan fingerprint density at radius 2 is 2.11 bits per heavy atom. The Kier molecular flexibility index (Phi) is 4.71. The van der Waals surface area contributed by atoms with Crippen molar-refractivity contribution in [1.29, 1.82) is 0 Å². The van der Waals surface area contributed by atoms with Crippen LogP contribution >= 0.6 is 11.6 Å². The second-order valence-electron chi connectivity index (χ2n) is 5.08. The van der Waals surface area contributed by atoms with Crippen molar-refractivity contribution in [3.8, 4) is 0 Å². The van der Waals surface area contributed by atoms with Crippen LogP contribution in [-0.4, -0.2) is 17.6 Å². The van der Waals surface area contributed by atoms with Crippen molar-refractivity contribution in [2.75, 3.05) is 0 Å². The second kappa shape index (κ2) is 5.67. The number of carbonyl (C=O) groups is 1. The predicted octanol–water partition coefficient (Wildman–Crippen LogP) is 2.69. The van der Waals surface area contributed by atoms with Gasteiger partial charge in [0.15, 0.2) is 0 Å². The molecule has 100 valence electrons. The minimum absolute atomic E-state index is 0.0569. The molecule has 1 aromatic carbocycles. The molecule has 0 aromatic heterocycles. The SMILES string of the molecule is CC(C)(C)OC(=O)[C@H](N)Cc1cc(Cl)ccc1F. The minimum Gasteiger partial charge on any atom is -0.459 e. The standard InChI is InChI=1S/C13H17ClFNO2/c1-13(2,3)18-12(17)11(16)7-8-6-9(14)4-5-10(8)15/h4-6,11H,7,16H2,1-3H3/t11-/m1/s1. The van der Waals surface area contributed by atoms with Gasteiger partial charge in [-0.15, -0.1) is 0 Å². The number of hydrogen-bond donors (Lipinski definition) is 1. The lowest BCUT2D eigenvalue weighted by Crippen LogP contribution is -2.39. The maximum absolute atomic E-state index is 13.5. The van der Waals surface area contributed by atoms with Crippen LogP contribution in [0.3, 0.4) is 0 Å². The summed E-state index contributed by atoms with van der Waals surface area (Å²) in [6, 6.07) is 3.25. The molecule has 0 bridgehead atoms. The van der Waals surface area contributed by atoms with Crippen LogP contribution in [0.5, 0.6) is 0 Å². The zero-order valence-electron chi connectivity index (χ0n) is 10.7. The lowest BCUT2D eigenvalue weighted by molar-refractivity contribution is -0.156. The molecular weight excluding hydrogens is 257 g/mol. The maximum atomic E-state index is 13.5. The molecule has 1 rings (SSSR count). The van der Waals surface area contributed by atoms with Gasteiger partial charge in [0.1, 0.15) is 17.5 Å². The molecule has 0 aliphatic heterocycles. The highest BCUT2D eigenvalue weighted by molar-refractivity contribution is 6.30. The van der Waals surface area contributed by atoms with E-state index in [1.807, 2.05) is 0 Å². The summed E-state index contributed by atoms with van der Waals surface area (Å²) in [6.07, 6.45) is 0.0569. The summed E-state index contributed by atoms with van der Waals surface area (Å²) < 4.78 is 18.6. The Labute approximate surface area is 111 Å². The van der Waals surface area contributed by atoms with Gasteiger partial charge in [-0.25, -0.2) is 4.39 Å². The fourth-order valence-electron chi connectivity index (χ4n) is 1.40. The first-order valence-electron chi connectivity index (χ1n) is 5.61. The summed E-state index contributed by atoms with van der Waals surface area (Å²) in [6.45, 7) is 5.24. The van der Waals surface area contributed by atoms with Gasteiger partial charge in [-0.05, 0) is 44.5 Å². The summed E-state index contributed by atoms with van der Waals surface area (Å²) >= 11 is 5.76. The number of halogens is 2. The van der Waals surface area contributed by atoms with Crippen molar-refractivity contribution < 1.29 is 13.9 Å². The number of hydrogen-bond acceptors (Lipinski definition) is 3. The predicted molar refractivity (Wildman–Crippen MR) is 68.9 cm³/mol. The van der Waals surface area contributed by atoms with Crippen LogP contribution in [-0.2, 0) is 16.0 Å². The largest absolute Gasteiger partial charge is 0.459 e. The highest BCUT2D eigenvalue weighted by atomic mass is 35.5. The number of benzene rings is 1. The lowest BCUT2D eigenvalue weighted by Gasteiger charge is -2.22. The smallest absolute Gasteiger partial charge is 0.323 e. The van der Waals surface area contributed by atoms with E-state index in [-0.39, 0.29) is 6.42 Å². The molecule has 18 heavy (non-hydrogen) atoms. The van der Waals surface area contributed by atoms with Crippen LogP contribution in [0.4, 0.5) is 4.39 Å². The highest BCUT2D eigenvalue weighted by Crippen LogP contribution is 2.17. The Bertz CT molecular complexity index is 443. The van der Waals surface area contributed by atoms with E-state index in [1.54, 1.807) is 20.8 Å². The Balaban J connectivity index is 2.72. The number of rotatable bonds is 3. The van der Waals surface area contributed by atoms with Crippen LogP contribution in [0.2, 0.25) is 5.02 Å². The fourth-order valence-corrected chi connectivity index (χ4v) is 1.59. The van der Waals surface area contributed by atoms with E-state index in [0.29, 0.717) is 10.6 Å². The van der Waals surface area contributed by atoms with Crippen molar-refractivity contribution in [1.82, 2.24) is 0 Å². The van der Waals surface area contributed by atoms with Crippen molar-refractivity contribution in [3.05, 3.63) is 34.6 Å². The average Bonchev–Trinajstić information content (AvgIpc) is 2.21. The number of carbonyl (C=O) groups excluding carboxylic acids is 1. The molecular formula is C13H17ClFNO2. The zero-order chi connectivity index (χ0) is 13.9. The fraction of sp³-hybridized carbons (Fsp3) is 0.462. The summed E-state index contributed by atoms with van der Waals surface area (Å²) in [5.41, 5.74) is 5.39. The van der Waals surface area contributed by atoms with Crippen LogP contribution in [0, 0.1) is 5.82 Å². The molecule has 0 saturated heterocycles. The van der Waals surface area contributed by atoms with Crippen molar-refractivity contribution in [3.63, 3.8) is 0 Å². The maximum Gasteiger partial charge on any atom is 0.323 e. The minimum atomic E-state index is -0.905. The quantitative estimate of drug-likeness (QED) is 0.862. The molecule has 1 aromatic rings. The Morgan fingerprint density at radius 3 is 2.67 bits per heavy atom. The van der Waals surface area contributed by atoms with Gasteiger partial charge < -0.3 is 10.5 Å².